The Morgan fingerprint density at radius 1 is 1.28 bits per heavy atom. The Labute approximate surface area is 112 Å². The highest BCUT2D eigenvalue weighted by Crippen LogP contribution is 2.30. The third-order valence-corrected chi connectivity index (χ3v) is 2.48. The Bertz CT molecular complexity index is 605. The molecule has 92 valence electrons. The van der Waals surface area contributed by atoms with Gasteiger partial charge < -0.3 is 9.84 Å². The van der Waals surface area contributed by atoms with Crippen molar-refractivity contribution in [2.45, 2.75) is 0 Å². The van der Waals surface area contributed by atoms with Crippen LogP contribution in [-0.2, 0) is 0 Å². The number of carboxylic acid groups (broad SMARTS) is 1. The van der Waals surface area contributed by atoms with Crippen molar-refractivity contribution < 1.29 is 14.6 Å². The van der Waals surface area contributed by atoms with Crippen LogP contribution in [0.15, 0.2) is 30.5 Å². The molecule has 1 heterocycles. The second kappa shape index (κ2) is 5.20. The number of ether oxygens (including phenoxy) is 1. The number of rotatable bonds is 3. The van der Waals surface area contributed by atoms with Gasteiger partial charge in [0.2, 0.25) is 0 Å². The van der Waals surface area contributed by atoms with Gasteiger partial charge in [0, 0.05) is 11.2 Å². The zero-order valence-electron chi connectivity index (χ0n) is 8.80. The average molecular weight is 285 g/mol. The maximum absolute atomic E-state index is 10.7. The molecule has 0 amide bonds. The molecule has 0 fully saturated rings. The van der Waals surface area contributed by atoms with Crippen molar-refractivity contribution in [1.29, 1.82) is 0 Å². The van der Waals surface area contributed by atoms with E-state index >= 15 is 0 Å². The minimum Gasteiger partial charge on any atom is -0.477 e. The normalized spacial score (nSPS) is 10.1. The van der Waals surface area contributed by atoms with Crippen LogP contribution >= 0.6 is 23.2 Å². The summed E-state index contributed by atoms with van der Waals surface area (Å²) in [5, 5.41) is 9.53. The van der Waals surface area contributed by atoms with E-state index in [0.717, 1.165) is 0 Å². The quantitative estimate of drug-likeness (QED) is 0.936. The fraction of sp³-hybridized carbons (Fsp3) is 0. The first-order chi connectivity index (χ1) is 8.56. The average Bonchev–Trinajstić information content (AvgIpc) is 2.33. The van der Waals surface area contributed by atoms with Gasteiger partial charge in [-0.2, -0.15) is 4.98 Å². The number of hydrogen-bond donors (Lipinski definition) is 1. The second-order valence-electron chi connectivity index (χ2n) is 3.21. The van der Waals surface area contributed by atoms with Gasteiger partial charge in [0.25, 0.3) is 0 Å². The first-order valence-corrected chi connectivity index (χ1v) is 5.51. The fourth-order valence-electron chi connectivity index (χ4n) is 1.17. The van der Waals surface area contributed by atoms with Gasteiger partial charge in [-0.3, -0.25) is 0 Å². The number of carbonyl (C=O) groups is 1. The molecule has 0 saturated heterocycles. The zero-order valence-corrected chi connectivity index (χ0v) is 10.3. The predicted molar refractivity (Wildman–Crippen MR) is 65.5 cm³/mol. The van der Waals surface area contributed by atoms with Gasteiger partial charge >= 0.3 is 12.0 Å². The number of halogens is 2. The van der Waals surface area contributed by atoms with Crippen molar-refractivity contribution in [3.63, 3.8) is 0 Å². The Kier molecular flexibility index (Phi) is 3.64. The maximum Gasteiger partial charge on any atom is 0.354 e. The molecule has 1 aromatic heterocycles. The summed E-state index contributed by atoms with van der Waals surface area (Å²) >= 11 is 11.6. The summed E-state index contributed by atoms with van der Waals surface area (Å²) < 4.78 is 5.28. The number of aromatic carboxylic acids is 1. The van der Waals surface area contributed by atoms with Gasteiger partial charge in [0.15, 0.2) is 5.69 Å². The third kappa shape index (κ3) is 2.88. The van der Waals surface area contributed by atoms with E-state index in [9.17, 15) is 4.79 Å². The van der Waals surface area contributed by atoms with Crippen LogP contribution in [0.25, 0.3) is 0 Å². The minimum absolute atomic E-state index is 0.0980. The van der Waals surface area contributed by atoms with E-state index in [0.29, 0.717) is 10.8 Å². The molecular weight excluding hydrogens is 279 g/mol. The molecule has 1 aromatic carbocycles. The highest BCUT2D eigenvalue weighted by Gasteiger charge is 2.09. The van der Waals surface area contributed by atoms with Crippen LogP contribution in [0.5, 0.6) is 11.8 Å². The molecule has 5 nitrogen and oxygen atoms in total. The van der Waals surface area contributed by atoms with Gasteiger partial charge in [-0.1, -0.05) is 23.2 Å². The SMILES string of the molecule is O=C(O)c1ccnc(Oc2ccc(Cl)cc2Cl)n1. The van der Waals surface area contributed by atoms with Gasteiger partial charge in [-0.15, -0.1) is 0 Å². The second-order valence-corrected chi connectivity index (χ2v) is 4.05. The first kappa shape index (κ1) is 12.6. The van der Waals surface area contributed by atoms with Gasteiger partial charge in [-0.25, -0.2) is 9.78 Å². The third-order valence-electron chi connectivity index (χ3n) is 1.95. The lowest BCUT2D eigenvalue weighted by molar-refractivity contribution is 0.0689. The molecule has 2 rings (SSSR count). The first-order valence-electron chi connectivity index (χ1n) is 4.75. The molecule has 0 aliphatic heterocycles. The molecule has 18 heavy (non-hydrogen) atoms. The van der Waals surface area contributed by atoms with E-state index in [-0.39, 0.29) is 16.7 Å². The smallest absolute Gasteiger partial charge is 0.354 e. The van der Waals surface area contributed by atoms with Crippen molar-refractivity contribution in [3.05, 3.63) is 46.2 Å². The molecule has 0 radical (unpaired) electrons. The molecule has 0 aliphatic rings. The number of nitrogens with zero attached hydrogens (tertiary/aromatic N) is 2. The highest BCUT2D eigenvalue weighted by molar-refractivity contribution is 6.35. The minimum atomic E-state index is -1.16. The summed E-state index contributed by atoms with van der Waals surface area (Å²) in [6.45, 7) is 0. The van der Waals surface area contributed by atoms with E-state index in [2.05, 4.69) is 9.97 Å². The number of benzene rings is 1. The number of aromatic nitrogens is 2. The lowest BCUT2D eigenvalue weighted by Gasteiger charge is -2.05. The number of hydrogen-bond acceptors (Lipinski definition) is 4. The lowest BCUT2D eigenvalue weighted by Crippen LogP contribution is -2.02. The molecule has 1 N–H and O–H groups in total. The lowest BCUT2D eigenvalue weighted by atomic mass is 10.3. The summed E-state index contributed by atoms with van der Waals surface area (Å²) in [6, 6.07) is 5.79. The van der Waals surface area contributed by atoms with Crippen molar-refractivity contribution in [2.75, 3.05) is 0 Å². The fourth-order valence-corrected chi connectivity index (χ4v) is 1.61. The van der Waals surface area contributed by atoms with Crippen LogP contribution < -0.4 is 4.74 Å². The van der Waals surface area contributed by atoms with E-state index in [1.807, 2.05) is 0 Å². The summed E-state index contributed by atoms with van der Waals surface area (Å²) in [5.74, 6) is -0.868. The maximum atomic E-state index is 10.7. The van der Waals surface area contributed by atoms with E-state index in [1.54, 1.807) is 12.1 Å². The molecule has 0 unspecified atom stereocenters. The zero-order chi connectivity index (χ0) is 13.1. The largest absolute Gasteiger partial charge is 0.477 e. The van der Waals surface area contributed by atoms with E-state index in [1.165, 1.54) is 18.3 Å². The van der Waals surface area contributed by atoms with Gasteiger partial charge in [0.05, 0.1) is 5.02 Å². The molecule has 2 aromatic rings. The van der Waals surface area contributed by atoms with E-state index in [4.69, 9.17) is 33.0 Å². The van der Waals surface area contributed by atoms with Crippen LogP contribution in [0.2, 0.25) is 10.0 Å². The molecule has 0 spiro atoms. The summed E-state index contributed by atoms with van der Waals surface area (Å²) in [4.78, 5) is 18.2. The summed E-state index contributed by atoms with van der Waals surface area (Å²) in [7, 11) is 0. The Hall–Kier alpha value is -1.85. The van der Waals surface area contributed by atoms with E-state index < -0.39 is 5.97 Å². The van der Waals surface area contributed by atoms with Crippen LogP contribution in [0.3, 0.4) is 0 Å². The van der Waals surface area contributed by atoms with Crippen molar-refractivity contribution in [1.82, 2.24) is 9.97 Å². The van der Waals surface area contributed by atoms with Crippen LogP contribution in [-0.4, -0.2) is 21.0 Å². The highest BCUT2D eigenvalue weighted by atomic mass is 35.5. The standard InChI is InChI=1S/C11H6Cl2N2O3/c12-6-1-2-9(7(13)5-6)18-11-14-4-3-8(15-11)10(16)17/h1-5H,(H,16,17). The number of carboxylic acids is 1. The summed E-state index contributed by atoms with van der Waals surface area (Å²) in [6.07, 6.45) is 1.29. The predicted octanol–water partition coefficient (Wildman–Crippen LogP) is 3.27. The Balaban J connectivity index is 2.28. The van der Waals surface area contributed by atoms with Crippen molar-refractivity contribution in [3.8, 4) is 11.8 Å². The molecular formula is C11H6Cl2N2O3. The van der Waals surface area contributed by atoms with Gasteiger partial charge in [-0.05, 0) is 24.3 Å². The van der Waals surface area contributed by atoms with Crippen LogP contribution in [0, 0.1) is 0 Å². The van der Waals surface area contributed by atoms with Crippen LogP contribution in [0.4, 0.5) is 0 Å². The van der Waals surface area contributed by atoms with Crippen LogP contribution in [0.1, 0.15) is 10.5 Å². The molecule has 0 bridgehead atoms. The molecule has 0 saturated carbocycles. The monoisotopic (exact) mass is 284 g/mol. The topological polar surface area (TPSA) is 72.3 Å². The molecule has 0 atom stereocenters. The van der Waals surface area contributed by atoms with Crippen molar-refractivity contribution in [2.24, 2.45) is 0 Å². The Morgan fingerprint density at radius 3 is 2.72 bits per heavy atom. The molecule has 7 heteroatoms. The summed E-state index contributed by atoms with van der Waals surface area (Å²) in [5.41, 5.74) is -0.162. The Morgan fingerprint density at radius 2 is 2.06 bits per heavy atom. The molecule has 0 aliphatic carbocycles. The van der Waals surface area contributed by atoms with Gasteiger partial charge in [0.1, 0.15) is 5.75 Å². The van der Waals surface area contributed by atoms with Crippen molar-refractivity contribution >= 4 is 29.2 Å².